The van der Waals surface area contributed by atoms with E-state index < -0.39 is 15.9 Å². The quantitative estimate of drug-likeness (QED) is 0.807. The predicted octanol–water partition coefficient (Wildman–Crippen LogP) is 1.85. The summed E-state index contributed by atoms with van der Waals surface area (Å²) in [5, 5.41) is 3.59. The van der Waals surface area contributed by atoms with Crippen molar-refractivity contribution >= 4 is 27.3 Å². The second-order valence-electron chi connectivity index (χ2n) is 4.78. The molecule has 7 nitrogen and oxygen atoms in total. The highest BCUT2D eigenvalue weighted by Gasteiger charge is 2.25. The monoisotopic (exact) mass is 343 g/mol. The van der Waals surface area contributed by atoms with Gasteiger partial charge in [-0.3, -0.25) is 10.2 Å². The van der Waals surface area contributed by atoms with Gasteiger partial charge in [0, 0.05) is 4.88 Å². The fourth-order valence-corrected chi connectivity index (χ4v) is 4.25. The van der Waals surface area contributed by atoms with Crippen molar-refractivity contribution in [3.63, 3.8) is 0 Å². The molecule has 0 saturated carbocycles. The standard InChI is InChI=1S/C13H17N3O4S2/c1-5-10-7(2)6-11(21-10)13(17)14-16-22(18,19)12-8(3)15-20-9(12)4/h6,16H,5H2,1-4H3,(H,14,17). The maximum absolute atomic E-state index is 12.2. The fourth-order valence-electron chi connectivity index (χ4n) is 2.07. The van der Waals surface area contributed by atoms with Crippen LogP contribution >= 0.6 is 11.3 Å². The van der Waals surface area contributed by atoms with E-state index in [1.54, 1.807) is 6.07 Å². The topological polar surface area (TPSA) is 101 Å². The molecule has 0 fully saturated rings. The van der Waals surface area contributed by atoms with Crippen molar-refractivity contribution < 1.29 is 17.7 Å². The predicted molar refractivity (Wildman–Crippen MR) is 82.2 cm³/mol. The first-order chi connectivity index (χ1) is 10.3. The number of hydrogen-bond donors (Lipinski definition) is 2. The molecule has 2 aromatic rings. The molecule has 0 atom stereocenters. The van der Waals surface area contributed by atoms with E-state index in [0.717, 1.165) is 16.9 Å². The molecule has 0 unspecified atom stereocenters. The number of aromatic nitrogens is 1. The van der Waals surface area contributed by atoms with Gasteiger partial charge in [-0.05, 0) is 38.8 Å². The number of carbonyl (C=O) groups is 1. The highest BCUT2D eigenvalue weighted by atomic mass is 32.2. The number of sulfonamides is 1. The van der Waals surface area contributed by atoms with Crippen molar-refractivity contribution in [1.82, 2.24) is 15.4 Å². The molecule has 120 valence electrons. The largest absolute Gasteiger partial charge is 0.360 e. The molecule has 0 saturated heterocycles. The van der Waals surface area contributed by atoms with Gasteiger partial charge in [-0.25, -0.2) is 8.42 Å². The van der Waals surface area contributed by atoms with Gasteiger partial charge in [-0.2, -0.15) is 0 Å². The third-order valence-corrected chi connectivity index (χ3v) is 5.97. The SMILES string of the molecule is CCc1sc(C(=O)NNS(=O)(=O)c2c(C)noc2C)cc1C. The molecular weight excluding hydrogens is 326 g/mol. The number of hydrazine groups is 1. The summed E-state index contributed by atoms with van der Waals surface area (Å²) in [5.41, 5.74) is 3.47. The molecule has 2 rings (SSSR count). The van der Waals surface area contributed by atoms with Crippen LogP contribution in [-0.2, 0) is 16.4 Å². The molecule has 2 heterocycles. The summed E-state index contributed by atoms with van der Waals surface area (Å²) in [6.45, 7) is 6.93. The minimum Gasteiger partial charge on any atom is -0.360 e. The molecule has 9 heteroatoms. The van der Waals surface area contributed by atoms with Gasteiger partial charge in [-0.1, -0.05) is 12.1 Å². The molecular formula is C13H17N3O4S2. The molecule has 0 spiro atoms. The van der Waals surface area contributed by atoms with Crippen LogP contribution in [0.3, 0.4) is 0 Å². The normalized spacial score (nSPS) is 11.6. The van der Waals surface area contributed by atoms with Crippen LogP contribution in [0.15, 0.2) is 15.5 Å². The van der Waals surface area contributed by atoms with Crippen molar-refractivity contribution in [3.05, 3.63) is 32.8 Å². The zero-order valence-electron chi connectivity index (χ0n) is 12.7. The van der Waals surface area contributed by atoms with Crippen LogP contribution < -0.4 is 10.3 Å². The molecule has 1 amide bonds. The molecule has 22 heavy (non-hydrogen) atoms. The maximum atomic E-state index is 12.2. The number of carbonyl (C=O) groups excluding carboxylic acids is 1. The lowest BCUT2D eigenvalue weighted by Crippen LogP contribution is -2.41. The average Bonchev–Trinajstić information content (AvgIpc) is 2.99. The summed E-state index contributed by atoms with van der Waals surface area (Å²) >= 11 is 1.34. The van der Waals surface area contributed by atoms with Crippen LogP contribution in [0.1, 0.15) is 38.5 Å². The van der Waals surface area contributed by atoms with E-state index in [9.17, 15) is 13.2 Å². The minimum absolute atomic E-state index is 0.0654. The smallest absolute Gasteiger partial charge is 0.276 e. The van der Waals surface area contributed by atoms with Crippen LogP contribution in [0.5, 0.6) is 0 Å². The molecule has 2 N–H and O–H groups in total. The van der Waals surface area contributed by atoms with E-state index in [-0.39, 0.29) is 16.3 Å². The first kappa shape index (κ1) is 16.7. The first-order valence-electron chi connectivity index (χ1n) is 6.60. The third-order valence-electron chi connectivity index (χ3n) is 3.10. The molecule has 0 aromatic carbocycles. The maximum Gasteiger partial charge on any atom is 0.276 e. The number of aryl methyl sites for hydroxylation is 4. The third kappa shape index (κ3) is 3.21. The zero-order valence-corrected chi connectivity index (χ0v) is 14.3. The molecule has 0 radical (unpaired) electrons. The van der Waals surface area contributed by atoms with Crippen LogP contribution in [0.2, 0.25) is 0 Å². The minimum atomic E-state index is -3.92. The Morgan fingerprint density at radius 1 is 1.36 bits per heavy atom. The van der Waals surface area contributed by atoms with Crippen molar-refractivity contribution in [2.75, 3.05) is 0 Å². The number of rotatable bonds is 5. The Balaban J connectivity index is 2.13. The number of nitrogens with one attached hydrogen (secondary N) is 2. The Bertz CT molecular complexity index is 786. The van der Waals surface area contributed by atoms with E-state index in [1.165, 1.54) is 25.2 Å². The number of amides is 1. The lowest BCUT2D eigenvalue weighted by atomic mass is 10.2. The summed E-state index contributed by atoms with van der Waals surface area (Å²) < 4.78 is 29.2. The van der Waals surface area contributed by atoms with Gasteiger partial charge in [0.25, 0.3) is 15.9 Å². The average molecular weight is 343 g/mol. The van der Waals surface area contributed by atoms with Crippen molar-refractivity contribution in [2.24, 2.45) is 0 Å². The van der Waals surface area contributed by atoms with Gasteiger partial charge in [-0.15, -0.1) is 16.2 Å². The first-order valence-corrected chi connectivity index (χ1v) is 8.90. The Morgan fingerprint density at radius 2 is 2.05 bits per heavy atom. The highest BCUT2D eigenvalue weighted by molar-refractivity contribution is 7.89. The van der Waals surface area contributed by atoms with Crippen molar-refractivity contribution in [3.8, 4) is 0 Å². The van der Waals surface area contributed by atoms with Crippen LogP contribution in [0.4, 0.5) is 0 Å². The van der Waals surface area contributed by atoms with E-state index in [4.69, 9.17) is 4.52 Å². The highest BCUT2D eigenvalue weighted by Crippen LogP contribution is 2.22. The molecule has 2 aromatic heterocycles. The fraction of sp³-hybridized carbons (Fsp3) is 0.385. The van der Waals surface area contributed by atoms with Gasteiger partial charge in [0.1, 0.15) is 10.6 Å². The second kappa shape index (κ2) is 6.19. The van der Waals surface area contributed by atoms with E-state index >= 15 is 0 Å². The van der Waals surface area contributed by atoms with Gasteiger partial charge in [0.15, 0.2) is 5.76 Å². The van der Waals surface area contributed by atoms with Crippen LogP contribution in [0, 0.1) is 20.8 Å². The van der Waals surface area contributed by atoms with Gasteiger partial charge in [0.05, 0.1) is 4.88 Å². The summed E-state index contributed by atoms with van der Waals surface area (Å²) in [4.78, 5) is 15.6. The molecule has 0 aliphatic heterocycles. The lowest BCUT2D eigenvalue weighted by Gasteiger charge is -2.06. The second-order valence-corrected chi connectivity index (χ2v) is 7.54. The lowest BCUT2D eigenvalue weighted by molar-refractivity contribution is 0.0949. The Hall–Kier alpha value is -1.71. The Labute approximate surface area is 132 Å². The van der Waals surface area contributed by atoms with E-state index in [0.29, 0.717) is 4.88 Å². The van der Waals surface area contributed by atoms with Gasteiger partial charge in [0.2, 0.25) is 0 Å². The zero-order chi connectivity index (χ0) is 16.5. The number of nitrogens with zero attached hydrogens (tertiary/aromatic N) is 1. The number of thiophene rings is 1. The summed E-state index contributed by atoms with van der Waals surface area (Å²) in [5.74, 6) is -0.331. The van der Waals surface area contributed by atoms with Gasteiger partial charge >= 0.3 is 0 Å². The molecule has 0 aliphatic carbocycles. The van der Waals surface area contributed by atoms with Crippen molar-refractivity contribution in [1.29, 1.82) is 0 Å². The van der Waals surface area contributed by atoms with Crippen LogP contribution in [-0.4, -0.2) is 19.5 Å². The van der Waals surface area contributed by atoms with Crippen LogP contribution in [0.25, 0.3) is 0 Å². The van der Waals surface area contributed by atoms with Crippen molar-refractivity contribution in [2.45, 2.75) is 39.0 Å². The van der Waals surface area contributed by atoms with E-state index in [2.05, 4.69) is 15.4 Å². The summed E-state index contributed by atoms with van der Waals surface area (Å²) in [6.07, 6.45) is 0.828. The Morgan fingerprint density at radius 3 is 2.55 bits per heavy atom. The molecule has 0 aliphatic rings. The molecule has 0 bridgehead atoms. The van der Waals surface area contributed by atoms with E-state index in [1.807, 2.05) is 13.8 Å². The number of hydrogen-bond acceptors (Lipinski definition) is 6. The summed E-state index contributed by atoms with van der Waals surface area (Å²) in [7, 11) is -3.92. The Kier molecular flexibility index (Phi) is 4.69. The summed E-state index contributed by atoms with van der Waals surface area (Å²) in [6, 6.07) is 1.74. The van der Waals surface area contributed by atoms with Gasteiger partial charge < -0.3 is 4.52 Å².